The van der Waals surface area contributed by atoms with E-state index in [-0.39, 0.29) is 11.8 Å². The summed E-state index contributed by atoms with van der Waals surface area (Å²) in [4.78, 5) is 26.0. The van der Waals surface area contributed by atoms with E-state index < -0.39 is 0 Å². The highest BCUT2D eigenvalue weighted by Crippen LogP contribution is 2.27. The van der Waals surface area contributed by atoms with Crippen molar-refractivity contribution in [3.63, 3.8) is 0 Å². The molecule has 3 heteroatoms. The zero-order chi connectivity index (χ0) is 13.7. The predicted octanol–water partition coefficient (Wildman–Crippen LogP) is 3.17. The summed E-state index contributed by atoms with van der Waals surface area (Å²) in [6, 6.07) is 0. The standard InChI is InChI=1S/C16H27NO2/c1-2-14-12-17(10-9-15(14)18)16(19)11-13-7-5-3-4-6-8-13/h13-14H,2-12H2,1H3. The van der Waals surface area contributed by atoms with E-state index in [1.165, 1.54) is 38.5 Å². The Labute approximate surface area is 116 Å². The lowest BCUT2D eigenvalue weighted by Gasteiger charge is -2.32. The summed E-state index contributed by atoms with van der Waals surface area (Å²) in [6.07, 6.45) is 9.82. The maximum atomic E-state index is 12.4. The summed E-state index contributed by atoms with van der Waals surface area (Å²) in [5.74, 6) is 1.32. The Morgan fingerprint density at radius 3 is 2.53 bits per heavy atom. The number of rotatable bonds is 3. The van der Waals surface area contributed by atoms with Crippen LogP contribution in [0.15, 0.2) is 0 Å². The van der Waals surface area contributed by atoms with E-state index in [1.54, 1.807) is 0 Å². The van der Waals surface area contributed by atoms with E-state index in [4.69, 9.17) is 0 Å². The number of ketones is 1. The molecule has 3 nitrogen and oxygen atoms in total. The summed E-state index contributed by atoms with van der Waals surface area (Å²) in [5, 5.41) is 0. The van der Waals surface area contributed by atoms with E-state index in [2.05, 4.69) is 0 Å². The molecular weight excluding hydrogens is 238 g/mol. The number of piperidine rings is 1. The van der Waals surface area contributed by atoms with Crippen LogP contribution < -0.4 is 0 Å². The third-order valence-corrected chi connectivity index (χ3v) is 4.81. The van der Waals surface area contributed by atoms with Crippen molar-refractivity contribution in [1.82, 2.24) is 4.90 Å². The van der Waals surface area contributed by atoms with Gasteiger partial charge in [-0.2, -0.15) is 0 Å². The second-order valence-corrected chi connectivity index (χ2v) is 6.22. The zero-order valence-corrected chi connectivity index (χ0v) is 12.2. The summed E-state index contributed by atoms with van der Waals surface area (Å²) in [6.45, 7) is 3.36. The first-order valence-electron chi connectivity index (χ1n) is 8.01. The van der Waals surface area contributed by atoms with Crippen LogP contribution in [0, 0.1) is 11.8 Å². The quantitative estimate of drug-likeness (QED) is 0.735. The highest BCUT2D eigenvalue weighted by atomic mass is 16.2. The van der Waals surface area contributed by atoms with Crippen molar-refractivity contribution in [2.24, 2.45) is 11.8 Å². The fraction of sp³-hybridized carbons (Fsp3) is 0.875. The van der Waals surface area contributed by atoms with Crippen molar-refractivity contribution < 1.29 is 9.59 Å². The maximum Gasteiger partial charge on any atom is 0.222 e. The van der Waals surface area contributed by atoms with Crippen LogP contribution in [0.5, 0.6) is 0 Å². The van der Waals surface area contributed by atoms with Crippen molar-refractivity contribution in [3.05, 3.63) is 0 Å². The molecule has 0 aromatic carbocycles. The maximum absolute atomic E-state index is 12.4. The number of carbonyl (C=O) groups is 2. The van der Waals surface area contributed by atoms with Gasteiger partial charge in [-0.15, -0.1) is 0 Å². The first-order valence-corrected chi connectivity index (χ1v) is 8.01. The lowest BCUT2D eigenvalue weighted by atomic mass is 9.92. The molecule has 0 aromatic heterocycles. The van der Waals surface area contributed by atoms with Gasteiger partial charge in [0.2, 0.25) is 5.91 Å². The van der Waals surface area contributed by atoms with Gasteiger partial charge in [0.05, 0.1) is 0 Å². The van der Waals surface area contributed by atoms with Crippen LogP contribution >= 0.6 is 0 Å². The third kappa shape index (κ3) is 4.05. The molecule has 1 unspecified atom stereocenters. The second kappa shape index (κ2) is 7.06. The average Bonchev–Trinajstić information content (AvgIpc) is 2.68. The predicted molar refractivity (Wildman–Crippen MR) is 75.8 cm³/mol. The second-order valence-electron chi connectivity index (χ2n) is 6.22. The summed E-state index contributed by atoms with van der Waals surface area (Å²) >= 11 is 0. The summed E-state index contributed by atoms with van der Waals surface area (Å²) in [7, 11) is 0. The monoisotopic (exact) mass is 265 g/mol. The average molecular weight is 265 g/mol. The van der Waals surface area contributed by atoms with Crippen LogP contribution in [0.25, 0.3) is 0 Å². The zero-order valence-electron chi connectivity index (χ0n) is 12.2. The number of amides is 1. The van der Waals surface area contributed by atoms with Gasteiger partial charge < -0.3 is 4.90 Å². The van der Waals surface area contributed by atoms with E-state index in [9.17, 15) is 9.59 Å². The van der Waals surface area contributed by atoms with Gasteiger partial charge in [-0.25, -0.2) is 0 Å². The Morgan fingerprint density at radius 2 is 1.89 bits per heavy atom. The first-order chi connectivity index (χ1) is 9.20. The van der Waals surface area contributed by atoms with Gasteiger partial charge in [-0.3, -0.25) is 9.59 Å². The molecular formula is C16H27NO2. The lowest BCUT2D eigenvalue weighted by molar-refractivity contribution is -0.138. The van der Waals surface area contributed by atoms with Gasteiger partial charge in [0, 0.05) is 31.8 Å². The molecule has 2 aliphatic rings. The molecule has 108 valence electrons. The fourth-order valence-electron chi connectivity index (χ4n) is 3.44. The topological polar surface area (TPSA) is 37.4 Å². The minimum absolute atomic E-state index is 0.0897. The number of hydrogen-bond donors (Lipinski definition) is 0. The molecule has 2 rings (SSSR count). The van der Waals surface area contributed by atoms with Gasteiger partial charge in [0.25, 0.3) is 0 Å². The van der Waals surface area contributed by atoms with Crippen LogP contribution in [0.4, 0.5) is 0 Å². The Morgan fingerprint density at radius 1 is 1.21 bits per heavy atom. The summed E-state index contributed by atoms with van der Waals surface area (Å²) < 4.78 is 0. The normalized spacial score (nSPS) is 26.3. The molecule has 0 bridgehead atoms. The molecule has 1 amide bonds. The highest BCUT2D eigenvalue weighted by molar-refractivity contribution is 5.85. The fourth-order valence-corrected chi connectivity index (χ4v) is 3.44. The van der Waals surface area contributed by atoms with Crippen molar-refractivity contribution in [2.45, 2.75) is 64.7 Å². The number of nitrogens with zero attached hydrogens (tertiary/aromatic N) is 1. The Hall–Kier alpha value is -0.860. The minimum Gasteiger partial charge on any atom is -0.342 e. The van der Waals surface area contributed by atoms with Crippen molar-refractivity contribution >= 4 is 11.7 Å². The van der Waals surface area contributed by atoms with Crippen molar-refractivity contribution in [2.75, 3.05) is 13.1 Å². The van der Waals surface area contributed by atoms with Crippen LogP contribution in [-0.2, 0) is 9.59 Å². The SMILES string of the molecule is CCC1CN(C(=O)CC2CCCCCC2)CCC1=O. The van der Waals surface area contributed by atoms with E-state index >= 15 is 0 Å². The van der Waals surface area contributed by atoms with Crippen LogP contribution in [0.1, 0.15) is 64.7 Å². The molecule has 0 aromatic rings. The molecule has 19 heavy (non-hydrogen) atoms. The van der Waals surface area contributed by atoms with Crippen LogP contribution in [0.2, 0.25) is 0 Å². The molecule has 1 aliphatic carbocycles. The molecule has 0 N–H and O–H groups in total. The molecule has 1 atom stereocenters. The van der Waals surface area contributed by atoms with Crippen molar-refractivity contribution in [3.8, 4) is 0 Å². The molecule has 2 fully saturated rings. The number of hydrogen-bond acceptors (Lipinski definition) is 2. The van der Waals surface area contributed by atoms with Crippen LogP contribution in [0.3, 0.4) is 0 Å². The van der Waals surface area contributed by atoms with E-state index in [0.717, 1.165) is 6.42 Å². The molecule has 0 radical (unpaired) electrons. The highest BCUT2D eigenvalue weighted by Gasteiger charge is 2.29. The lowest BCUT2D eigenvalue weighted by Crippen LogP contribution is -2.44. The molecule has 1 aliphatic heterocycles. The van der Waals surface area contributed by atoms with Gasteiger partial charge >= 0.3 is 0 Å². The minimum atomic E-state index is 0.0897. The van der Waals surface area contributed by atoms with Crippen molar-refractivity contribution in [1.29, 1.82) is 0 Å². The van der Waals surface area contributed by atoms with Crippen LogP contribution in [-0.4, -0.2) is 29.7 Å². The molecule has 0 spiro atoms. The van der Waals surface area contributed by atoms with Gasteiger partial charge in [0.1, 0.15) is 5.78 Å². The molecule has 1 heterocycles. The largest absolute Gasteiger partial charge is 0.342 e. The Bertz CT molecular complexity index is 319. The number of carbonyl (C=O) groups excluding carboxylic acids is 2. The Balaban J connectivity index is 1.83. The molecule has 1 saturated heterocycles. The third-order valence-electron chi connectivity index (χ3n) is 4.81. The van der Waals surface area contributed by atoms with Gasteiger partial charge in [0.15, 0.2) is 0 Å². The molecule has 1 saturated carbocycles. The Kier molecular flexibility index (Phi) is 5.41. The van der Waals surface area contributed by atoms with Gasteiger partial charge in [-0.05, 0) is 25.2 Å². The van der Waals surface area contributed by atoms with Gasteiger partial charge in [-0.1, -0.05) is 32.6 Å². The van der Waals surface area contributed by atoms with E-state index in [1.807, 2.05) is 11.8 Å². The number of Topliss-reactive ketones (excluding diaryl/α,β-unsaturated/α-hetero) is 1. The number of likely N-dealkylation sites (tertiary alicyclic amines) is 1. The van der Waals surface area contributed by atoms with E-state index in [0.29, 0.717) is 37.6 Å². The first kappa shape index (κ1) is 14.5. The summed E-state index contributed by atoms with van der Waals surface area (Å²) in [5.41, 5.74) is 0. The smallest absolute Gasteiger partial charge is 0.222 e.